The number of carbonyl (C=O) groups is 1. The van der Waals surface area contributed by atoms with Crippen molar-refractivity contribution in [1.29, 1.82) is 0 Å². The summed E-state index contributed by atoms with van der Waals surface area (Å²) in [6, 6.07) is 6.97. The standard InChI is InChI=1S/C11H13Cl2NO/c1-11(2,13)9(10(14)15)7-3-5-8(12)6-4-7/h3-6,9H,1-2H3,(H2,14,15). The molecule has 82 valence electrons. The molecule has 0 saturated heterocycles. The van der Waals surface area contributed by atoms with Crippen LogP contribution in [-0.2, 0) is 4.79 Å². The molecule has 1 unspecified atom stereocenters. The van der Waals surface area contributed by atoms with Crippen LogP contribution < -0.4 is 5.73 Å². The predicted molar refractivity (Wildman–Crippen MR) is 63.3 cm³/mol. The molecule has 2 nitrogen and oxygen atoms in total. The molecular formula is C11H13Cl2NO. The summed E-state index contributed by atoms with van der Waals surface area (Å²) in [4.78, 5) is 10.6. The second kappa shape index (κ2) is 4.42. The topological polar surface area (TPSA) is 43.1 Å². The number of amides is 1. The van der Waals surface area contributed by atoms with Gasteiger partial charge in [-0.2, -0.15) is 0 Å². The van der Waals surface area contributed by atoms with Crippen LogP contribution in [0.15, 0.2) is 24.3 Å². The molecule has 0 saturated carbocycles. The van der Waals surface area contributed by atoms with E-state index in [-0.39, 0.29) is 0 Å². The Labute approximate surface area is 99.4 Å². The summed E-state index contributed by atoms with van der Waals surface area (Å²) in [7, 11) is 0. The number of primary amides is 1. The van der Waals surface area contributed by atoms with Crippen molar-refractivity contribution in [2.75, 3.05) is 0 Å². The van der Waals surface area contributed by atoms with Crippen molar-refractivity contribution in [3.63, 3.8) is 0 Å². The SMILES string of the molecule is CC(C)(Cl)C(C(N)=O)c1ccc(Cl)cc1. The van der Waals surface area contributed by atoms with Crippen molar-refractivity contribution in [2.24, 2.45) is 5.73 Å². The maximum atomic E-state index is 11.3. The van der Waals surface area contributed by atoms with Gasteiger partial charge in [0.1, 0.15) is 0 Å². The van der Waals surface area contributed by atoms with Crippen LogP contribution in [0.3, 0.4) is 0 Å². The fourth-order valence-electron chi connectivity index (χ4n) is 1.55. The molecule has 1 aromatic carbocycles. The average molecular weight is 246 g/mol. The number of hydrogen-bond acceptors (Lipinski definition) is 1. The third kappa shape index (κ3) is 3.11. The Hall–Kier alpha value is -0.730. The number of carbonyl (C=O) groups excluding carboxylic acids is 1. The van der Waals surface area contributed by atoms with Gasteiger partial charge in [0.25, 0.3) is 0 Å². The van der Waals surface area contributed by atoms with Crippen LogP contribution in [0, 0.1) is 0 Å². The van der Waals surface area contributed by atoms with Gasteiger partial charge in [-0.25, -0.2) is 0 Å². The van der Waals surface area contributed by atoms with Crippen molar-refractivity contribution in [3.05, 3.63) is 34.9 Å². The first-order chi connectivity index (χ1) is 6.82. The molecule has 1 aromatic rings. The molecule has 0 aliphatic carbocycles. The molecular weight excluding hydrogens is 233 g/mol. The molecule has 0 spiro atoms. The lowest BCUT2D eigenvalue weighted by Gasteiger charge is -2.25. The smallest absolute Gasteiger partial charge is 0.226 e. The predicted octanol–water partition coefficient (Wildman–Crippen LogP) is 2.93. The minimum atomic E-state index is -0.709. The zero-order valence-electron chi connectivity index (χ0n) is 8.63. The van der Waals surface area contributed by atoms with Crippen LogP contribution in [0.1, 0.15) is 25.3 Å². The van der Waals surface area contributed by atoms with Gasteiger partial charge in [0.15, 0.2) is 0 Å². The van der Waals surface area contributed by atoms with E-state index in [0.29, 0.717) is 5.02 Å². The second-order valence-corrected chi connectivity index (χ2v) is 5.36. The Kier molecular flexibility index (Phi) is 3.63. The van der Waals surface area contributed by atoms with Gasteiger partial charge in [0.05, 0.1) is 10.8 Å². The normalized spacial score (nSPS) is 13.6. The molecule has 0 fully saturated rings. The minimum absolute atomic E-state index is 0.433. The lowest BCUT2D eigenvalue weighted by atomic mass is 9.87. The summed E-state index contributed by atoms with van der Waals surface area (Å²) in [6.07, 6.45) is 0. The molecule has 1 amide bonds. The third-order valence-electron chi connectivity index (χ3n) is 2.17. The quantitative estimate of drug-likeness (QED) is 0.818. The van der Waals surface area contributed by atoms with Gasteiger partial charge in [-0.1, -0.05) is 23.7 Å². The van der Waals surface area contributed by atoms with E-state index in [0.717, 1.165) is 5.56 Å². The Morgan fingerprint density at radius 1 is 1.33 bits per heavy atom. The van der Waals surface area contributed by atoms with E-state index >= 15 is 0 Å². The molecule has 4 heteroatoms. The van der Waals surface area contributed by atoms with E-state index in [1.807, 2.05) is 0 Å². The number of rotatable bonds is 3. The van der Waals surface area contributed by atoms with E-state index in [1.54, 1.807) is 38.1 Å². The van der Waals surface area contributed by atoms with Gasteiger partial charge >= 0.3 is 0 Å². The minimum Gasteiger partial charge on any atom is -0.369 e. The lowest BCUT2D eigenvalue weighted by molar-refractivity contribution is -0.120. The monoisotopic (exact) mass is 245 g/mol. The fraction of sp³-hybridized carbons (Fsp3) is 0.364. The summed E-state index contributed by atoms with van der Waals surface area (Å²) in [5.74, 6) is -0.950. The molecule has 0 aromatic heterocycles. The highest BCUT2D eigenvalue weighted by Gasteiger charge is 2.33. The van der Waals surface area contributed by atoms with Crippen molar-refractivity contribution in [1.82, 2.24) is 0 Å². The van der Waals surface area contributed by atoms with Crippen molar-refractivity contribution < 1.29 is 4.79 Å². The number of alkyl halides is 1. The number of nitrogens with two attached hydrogens (primary N) is 1. The maximum Gasteiger partial charge on any atom is 0.226 e. The molecule has 1 rings (SSSR count). The first-order valence-electron chi connectivity index (χ1n) is 4.56. The first kappa shape index (κ1) is 12.3. The Morgan fingerprint density at radius 3 is 2.13 bits per heavy atom. The van der Waals surface area contributed by atoms with Gasteiger partial charge in [0.2, 0.25) is 5.91 Å². The summed E-state index contributed by atoms with van der Waals surface area (Å²) in [5, 5.41) is 0.620. The van der Waals surface area contributed by atoms with E-state index in [1.165, 1.54) is 0 Å². The fourth-order valence-corrected chi connectivity index (χ4v) is 1.91. The van der Waals surface area contributed by atoms with Crippen LogP contribution >= 0.6 is 23.2 Å². The van der Waals surface area contributed by atoms with Gasteiger partial charge < -0.3 is 5.73 Å². The van der Waals surface area contributed by atoms with Gasteiger partial charge in [-0.3, -0.25) is 4.79 Å². The Balaban J connectivity index is 3.11. The number of halogens is 2. The maximum absolute atomic E-state index is 11.3. The molecule has 0 aliphatic rings. The summed E-state index contributed by atoms with van der Waals surface area (Å²) in [5.41, 5.74) is 6.12. The summed E-state index contributed by atoms with van der Waals surface area (Å²) in [6.45, 7) is 3.52. The molecule has 15 heavy (non-hydrogen) atoms. The first-order valence-corrected chi connectivity index (χ1v) is 5.31. The van der Waals surface area contributed by atoms with Crippen molar-refractivity contribution >= 4 is 29.1 Å². The number of hydrogen-bond donors (Lipinski definition) is 1. The zero-order valence-corrected chi connectivity index (χ0v) is 10.1. The Morgan fingerprint density at radius 2 is 1.80 bits per heavy atom. The lowest BCUT2D eigenvalue weighted by Crippen LogP contribution is -2.34. The van der Waals surface area contributed by atoms with Gasteiger partial charge in [-0.05, 0) is 31.5 Å². The van der Waals surface area contributed by atoms with Gasteiger partial charge in [-0.15, -0.1) is 11.6 Å². The zero-order chi connectivity index (χ0) is 11.6. The van der Waals surface area contributed by atoms with Gasteiger partial charge in [0, 0.05) is 5.02 Å². The van der Waals surface area contributed by atoms with E-state index < -0.39 is 16.7 Å². The summed E-state index contributed by atoms with van der Waals surface area (Å²) >= 11 is 11.9. The number of benzene rings is 1. The molecule has 0 bridgehead atoms. The van der Waals surface area contributed by atoms with E-state index in [9.17, 15) is 4.79 Å². The highest BCUT2D eigenvalue weighted by molar-refractivity contribution is 6.30. The van der Waals surface area contributed by atoms with E-state index in [2.05, 4.69) is 0 Å². The third-order valence-corrected chi connectivity index (χ3v) is 2.64. The van der Waals surface area contributed by atoms with Crippen molar-refractivity contribution in [2.45, 2.75) is 24.6 Å². The molecule has 0 heterocycles. The van der Waals surface area contributed by atoms with Crippen LogP contribution in [0.2, 0.25) is 5.02 Å². The van der Waals surface area contributed by atoms with Crippen LogP contribution in [0.25, 0.3) is 0 Å². The average Bonchev–Trinajstić information content (AvgIpc) is 2.05. The van der Waals surface area contributed by atoms with Crippen LogP contribution in [-0.4, -0.2) is 10.8 Å². The largest absolute Gasteiger partial charge is 0.369 e. The highest BCUT2D eigenvalue weighted by Crippen LogP contribution is 2.33. The van der Waals surface area contributed by atoms with E-state index in [4.69, 9.17) is 28.9 Å². The summed E-state index contributed by atoms with van der Waals surface area (Å²) < 4.78 is 0. The molecule has 0 aliphatic heterocycles. The highest BCUT2D eigenvalue weighted by atomic mass is 35.5. The molecule has 2 N–H and O–H groups in total. The Bertz CT molecular complexity index is 354. The molecule has 1 atom stereocenters. The molecule has 0 radical (unpaired) electrons. The van der Waals surface area contributed by atoms with Crippen molar-refractivity contribution in [3.8, 4) is 0 Å². The van der Waals surface area contributed by atoms with Crippen LogP contribution in [0.5, 0.6) is 0 Å². The van der Waals surface area contributed by atoms with Crippen LogP contribution in [0.4, 0.5) is 0 Å². The second-order valence-electron chi connectivity index (χ2n) is 3.95.